The highest BCUT2D eigenvalue weighted by Gasteiger charge is 2.78. The highest BCUT2D eigenvalue weighted by molar-refractivity contribution is 5.85. The van der Waals surface area contributed by atoms with E-state index in [0.717, 1.165) is 0 Å². The molecule has 1 heterocycles. The summed E-state index contributed by atoms with van der Waals surface area (Å²) in [6.07, 6.45) is 0. The Labute approximate surface area is 97.2 Å². The molecule has 0 bridgehead atoms. The second-order valence-electron chi connectivity index (χ2n) is 4.96. The Hall–Kier alpha value is -0.610. The Balaban J connectivity index is 3.04. The minimum absolute atomic E-state index is 0.0671. The molecule has 0 N–H and O–H groups in total. The van der Waals surface area contributed by atoms with E-state index < -0.39 is 11.2 Å². The molecule has 0 aromatic heterocycles. The van der Waals surface area contributed by atoms with Crippen LogP contribution in [0.2, 0.25) is 0 Å². The summed E-state index contributed by atoms with van der Waals surface area (Å²) in [5.41, 5.74) is -1.38. The maximum atomic E-state index is 11.9. The van der Waals surface area contributed by atoms with Crippen LogP contribution in [0.15, 0.2) is 0 Å². The number of methoxy groups -OCH3 is 2. The summed E-state index contributed by atoms with van der Waals surface area (Å²) in [6, 6.07) is 0. The van der Waals surface area contributed by atoms with Crippen molar-refractivity contribution in [2.45, 2.75) is 38.9 Å². The number of esters is 1. The van der Waals surface area contributed by atoms with E-state index >= 15 is 0 Å². The van der Waals surface area contributed by atoms with Crippen molar-refractivity contribution < 1.29 is 19.0 Å². The van der Waals surface area contributed by atoms with Gasteiger partial charge >= 0.3 is 5.97 Å². The van der Waals surface area contributed by atoms with Crippen LogP contribution in [0.5, 0.6) is 0 Å². The first-order valence-corrected chi connectivity index (χ1v) is 5.66. The molecule has 0 radical (unpaired) electrons. The summed E-state index contributed by atoms with van der Waals surface area (Å²) in [5.74, 6) is -0.0281. The van der Waals surface area contributed by atoms with Crippen molar-refractivity contribution in [2.24, 2.45) is 11.8 Å². The molecule has 1 saturated heterocycles. The maximum absolute atomic E-state index is 11.9. The first-order valence-electron chi connectivity index (χ1n) is 5.66. The van der Waals surface area contributed by atoms with E-state index in [1.54, 1.807) is 7.11 Å². The zero-order chi connectivity index (χ0) is 12.6. The fourth-order valence-corrected chi connectivity index (χ4v) is 2.53. The lowest BCUT2D eigenvalue weighted by molar-refractivity contribution is -0.149. The van der Waals surface area contributed by atoms with Crippen LogP contribution in [-0.2, 0) is 19.0 Å². The summed E-state index contributed by atoms with van der Waals surface area (Å²) in [7, 11) is 3.01. The molecule has 4 nitrogen and oxygen atoms in total. The van der Waals surface area contributed by atoms with Gasteiger partial charge in [0, 0.05) is 7.11 Å². The van der Waals surface area contributed by atoms with E-state index in [1.807, 2.05) is 27.7 Å². The second-order valence-corrected chi connectivity index (χ2v) is 4.96. The number of hydrogen-bond donors (Lipinski definition) is 0. The fourth-order valence-electron chi connectivity index (χ4n) is 2.53. The Morgan fingerprint density at radius 3 is 2.06 bits per heavy atom. The topological polar surface area (TPSA) is 48.1 Å². The van der Waals surface area contributed by atoms with E-state index in [4.69, 9.17) is 14.2 Å². The fraction of sp³-hybridized carbons (Fsp3) is 0.917. The quantitative estimate of drug-likeness (QED) is 0.532. The van der Waals surface area contributed by atoms with E-state index in [2.05, 4.69) is 0 Å². The van der Waals surface area contributed by atoms with Gasteiger partial charge in [-0.25, -0.2) is 4.79 Å². The van der Waals surface area contributed by atoms with Gasteiger partial charge in [0.2, 0.25) is 0 Å². The Morgan fingerprint density at radius 2 is 1.75 bits per heavy atom. The molecule has 1 aliphatic rings. The third-order valence-corrected chi connectivity index (χ3v) is 3.52. The lowest BCUT2D eigenvalue weighted by Gasteiger charge is -2.23. The van der Waals surface area contributed by atoms with Gasteiger partial charge in [0.25, 0.3) is 0 Å². The summed E-state index contributed by atoms with van der Waals surface area (Å²) in [5, 5.41) is 0. The Kier molecular flexibility index (Phi) is 3.65. The van der Waals surface area contributed by atoms with Crippen molar-refractivity contribution in [1.82, 2.24) is 0 Å². The normalized spacial score (nSPS) is 33.2. The smallest absolute Gasteiger partial charge is 0.341 e. The van der Waals surface area contributed by atoms with Gasteiger partial charge in [0.15, 0.2) is 5.60 Å². The molecule has 4 heteroatoms. The van der Waals surface area contributed by atoms with E-state index in [0.29, 0.717) is 6.61 Å². The van der Waals surface area contributed by atoms with Crippen molar-refractivity contribution in [3.63, 3.8) is 0 Å². The molecular weight excluding hydrogens is 208 g/mol. The van der Waals surface area contributed by atoms with Gasteiger partial charge in [-0.2, -0.15) is 0 Å². The zero-order valence-electron chi connectivity index (χ0n) is 11.0. The Bertz CT molecular complexity index is 274. The van der Waals surface area contributed by atoms with Gasteiger partial charge in [-0.05, 0) is 11.8 Å². The van der Waals surface area contributed by atoms with Gasteiger partial charge in [-0.3, -0.25) is 0 Å². The van der Waals surface area contributed by atoms with Crippen molar-refractivity contribution in [1.29, 1.82) is 0 Å². The molecule has 0 aromatic carbocycles. The summed E-state index contributed by atoms with van der Waals surface area (Å²) in [4.78, 5) is 11.9. The molecule has 1 fully saturated rings. The van der Waals surface area contributed by atoms with E-state index in [1.165, 1.54) is 7.11 Å². The predicted octanol–water partition coefficient (Wildman–Crippen LogP) is 1.63. The molecule has 0 spiro atoms. The van der Waals surface area contributed by atoms with Crippen molar-refractivity contribution >= 4 is 5.97 Å². The highest BCUT2D eigenvalue weighted by atomic mass is 16.7. The molecule has 1 aliphatic heterocycles. The van der Waals surface area contributed by atoms with Gasteiger partial charge in [0.1, 0.15) is 5.60 Å². The van der Waals surface area contributed by atoms with Crippen LogP contribution in [-0.4, -0.2) is 38.0 Å². The summed E-state index contributed by atoms with van der Waals surface area (Å²) in [6.45, 7) is 8.42. The number of carbonyl (C=O) groups is 1. The van der Waals surface area contributed by atoms with E-state index in [9.17, 15) is 4.79 Å². The third kappa shape index (κ3) is 1.55. The van der Waals surface area contributed by atoms with Crippen LogP contribution in [0.4, 0.5) is 0 Å². The molecule has 0 amide bonds. The minimum atomic E-state index is -0.841. The van der Waals surface area contributed by atoms with Crippen LogP contribution in [0.25, 0.3) is 0 Å². The average Bonchev–Trinajstić information content (AvgIpc) is 2.89. The van der Waals surface area contributed by atoms with Crippen LogP contribution in [0, 0.1) is 11.8 Å². The molecular formula is C12H22O4. The average molecular weight is 230 g/mol. The van der Waals surface area contributed by atoms with Crippen LogP contribution in [0.3, 0.4) is 0 Å². The molecule has 2 atom stereocenters. The first-order chi connectivity index (χ1) is 7.39. The van der Waals surface area contributed by atoms with E-state index in [-0.39, 0.29) is 17.8 Å². The number of hydrogen-bond acceptors (Lipinski definition) is 4. The standard InChI is InChI=1S/C12H22O4/c1-8(2)11(7-14-5)12(16-11,9(3)4)10(13)15-6/h8-9H,7H2,1-6H3. The predicted molar refractivity (Wildman–Crippen MR) is 60.1 cm³/mol. The lowest BCUT2D eigenvalue weighted by atomic mass is 9.77. The SMILES string of the molecule is COCC1(C(C)C)OC1(C(=O)OC)C(C)C. The monoisotopic (exact) mass is 230 g/mol. The molecule has 1 rings (SSSR count). The molecule has 0 aromatic rings. The number of ether oxygens (including phenoxy) is 3. The molecule has 0 aliphatic carbocycles. The molecule has 2 unspecified atom stereocenters. The Morgan fingerprint density at radius 1 is 1.19 bits per heavy atom. The summed E-state index contributed by atoms with van der Waals surface area (Å²) >= 11 is 0. The molecule has 94 valence electrons. The highest BCUT2D eigenvalue weighted by Crippen LogP contribution is 2.57. The largest absolute Gasteiger partial charge is 0.467 e. The number of carbonyl (C=O) groups excluding carboxylic acids is 1. The van der Waals surface area contributed by atoms with Gasteiger partial charge in [-0.1, -0.05) is 27.7 Å². The maximum Gasteiger partial charge on any atom is 0.341 e. The van der Waals surface area contributed by atoms with Crippen molar-refractivity contribution in [3.8, 4) is 0 Å². The second kappa shape index (κ2) is 4.34. The minimum Gasteiger partial charge on any atom is -0.467 e. The third-order valence-electron chi connectivity index (χ3n) is 3.52. The van der Waals surface area contributed by atoms with Gasteiger partial charge < -0.3 is 14.2 Å². The molecule has 0 saturated carbocycles. The lowest BCUT2D eigenvalue weighted by Crippen LogP contribution is -2.44. The van der Waals surface area contributed by atoms with Crippen LogP contribution in [0.1, 0.15) is 27.7 Å². The number of rotatable bonds is 5. The molecule has 16 heavy (non-hydrogen) atoms. The first kappa shape index (κ1) is 13.5. The van der Waals surface area contributed by atoms with Gasteiger partial charge in [-0.15, -0.1) is 0 Å². The van der Waals surface area contributed by atoms with Crippen LogP contribution >= 0.6 is 0 Å². The zero-order valence-corrected chi connectivity index (χ0v) is 11.0. The van der Waals surface area contributed by atoms with Crippen LogP contribution < -0.4 is 0 Å². The van der Waals surface area contributed by atoms with Crippen molar-refractivity contribution in [2.75, 3.05) is 20.8 Å². The number of epoxide rings is 1. The van der Waals surface area contributed by atoms with Gasteiger partial charge in [0.05, 0.1) is 13.7 Å². The van der Waals surface area contributed by atoms with Crippen molar-refractivity contribution in [3.05, 3.63) is 0 Å². The summed E-state index contributed by atoms with van der Waals surface area (Å²) < 4.78 is 15.9.